The third-order valence-electron chi connectivity index (χ3n) is 4.46. The molecule has 1 aromatic heterocycles. The summed E-state index contributed by atoms with van der Waals surface area (Å²) in [6.07, 6.45) is 5.47. The van der Waals surface area contributed by atoms with Gasteiger partial charge in [0.25, 0.3) is 0 Å². The summed E-state index contributed by atoms with van der Waals surface area (Å²) in [5.74, 6) is 0.164. The third-order valence-corrected chi connectivity index (χ3v) is 5.46. The van der Waals surface area contributed by atoms with Gasteiger partial charge in [-0.25, -0.2) is 9.78 Å². The van der Waals surface area contributed by atoms with E-state index in [-0.39, 0.29) is 23.9 Å². The number of carbonyl (C=O) groups is 2. The highest BCUT2D eigenvalue weighted by molar-refractivity contribution is 7.11. The number of carbonyl (C=O) groups excluding carboxylic acids is 2. The molecule has 1 atom stereocenters. The van der Waals surface area contributed by atoms with Crippen LogP contribution in [0, 0.1) is 18.8 Å². The second-order valence-corrected chi connectivity index (χ2v) is 7.50. The number of piperidine rings is 1. The Morgan fingerprint density at radius 3 is 2.55 bits per heavy atom. The molecule has 1 unspecified atom stereocenters. The van der Waals surface area contributed by atoms with Gasteiger partial charge in [0.1, 0.15) is 5.01 Å². The van der Waals surface area contributed by atoms with Crippen molar-refractivity contribution in [3.8, 4) is 0 Å². The number of nitrogens with two attached hydrogens (primary N) is 1. The molecule has 1 aliphatic carbocycles. The van der Waals surface area contributed by atoms with E-state index in [9.17, 15) is 9.59 Å². The van der Waals surface area contributed by atoms with Crippen LogP contribution in [-0.2, 0) is 4.79 Å². The lowest BCUT2D eigenvalue weighted by atomic mass is 9.96. The number of hydrogen-bond donors (Lipinski definition) is 2. The van der Waals surface area contributed by atoms with Gasteiger partial charge in [0.05, 0.1) is 6.04 Å². The predicted octanol–water partition coefficient (Wildman–Crippen LogP) is 1.81. The van der Waals surface area contributed by atoms with Gasteiger partial charge in [-0.1, -0.05) is 0 Å². The van der Waals surface area contributed by atoms with Gasteiger partial charge in [0.15, 0.2) is 0 Å². The average Bonchev–Trinajstić information content (AvgIpc) is 3.26. The van der Waals surface area contributed by atoms with Crippen molar-refractivity contribution in [1.82, 2.24) is 15.2 Å². The number of aromatic nitrogens is 1. The highest BCUT2D eigenvalue weighted by atomic mass is 32.1. The quantitative estimate of drug-likeness (QED) is 0.886. The molecule has 0 spiro atoms. The summed E-state index contributed by atoms with van der Waals surface area (Å²) in [5.41, 5.74) is 5.33. The van der Waals surface area contributed by atoms with E-state index in [4.69, 9.17) is 5.73 Å². The monoisotopic (exact) mass is 322 g/mol. The maximum atomic E-state index is 12.5. The van der Waals surface area contributed by atoms with Gasteiger partial charge in [-0.05, 0) is 38.5 Å². The number of primary amides is 1. The van der Waals surface area contributed by atoms with Crippen molar-refractivity contribution in [2.75, 3.05) is 13.1 Å². The fraction of sp³-hybridized carbons (Fsp3) is 0.667. The molecular weight excluding hydrogens is 300 g/mol. The van der Waals surface area contributed by atoms with Crippen LogP contribution >= 0.6 is 11.3 Å². The molecule has 1 saturated heterocycles. The lowest BCUT2D eigenvalue weighted by molar-refractivity contribution is -0.123. The van der Waals surface area contributed by atoms with E-state index in [1.165, 1.54) is 0 Å². The third kappa shape index (κ3) is 3.40. The summed E-state index contributed by atoms with van der Waals surface area (Å²) in [6.45, 7) is 3.21. The summed E-state index contributed by atoms with van der Waals surface area (Å²) < 4.78 is 0. The van der Waals surface area contributed by atoms with Crippen molar-refractivity contribution < 1.29 is 9.59 Å². The summed E-state index contributed by atoms with van der Waals surface area (Å²) in [6, 6.07) is -0.0206. The Bertz CT molecular complexity index is 562. The number of amides is 3. The van der Waals surface area contributed by atoms with Crippen LogP contribution in [0.5, 0.6) is 0 Å². The number of urea groups is 1. The van der Waals surface area contributed by atoms with E-state index in [1.807, 2.05) is 13.1 Å². The first-order valence-corrected chi connectivity index (χ1v) is 8.63. The van der Waals surface area contributed by atoms with Crippen molar-refractivity contribution in [3.63, 3.8) is 0 Å². The molecule has 3 amide bonds. The normalized spacial score (nSPS) is 20.7. The van der Waals surface area contributed by atoms with Gasteiger partial charge >= 0.3 is 6.03 Å². The van der Waals surface area contributed by atoms with Gasteiger partial charge in [-0.3, -0.25) is 4.79 Å². The molecular formula is C15H22N4O2S. The highest BCUT2D eigenvalue weighted by Crippen LogP contribution is 2.42. The van der Waals surface area contributed by atoms with Crippen LogP contribution < -0.4 is 11.1 Å². The molecule has 0 radical (unpaired) electrons. The Morgan fingerprint density at radius 1 is 1.36 bits per heavy atom. The first-order valence-electron chi connectivity index (χ1n) is 7.81. The Kier molecular flexibility index (Phi) is 4.33. The molecule has 7 heteroatoms. The number of aryl methyl sites for hydroxylation is 1. The van der Waals surface area contributed by atoms with Crippen LogP contribution in [0.4, 0.5) is 4.79 Å². The zero-order valence-electron chi connectivity index (χ0n) is 12.7. The van der Waals surface area contributed by atoms with Crippen molar-refractivity contribution in [3.05, 3.63) is 16.1 Å². The minimum absolute atomic E-state index is 0.0278. The van der Waals surface area contributed by atoms with Crippen LogP contribution in [0.1, 0.15) is 41.6 Å². The maximum absolute atomic E-state index is 12.5. The standard InChI is InChI=1S/C15H22N4O2S/c1-9-8-17-14(22-9)12(10-2-3-10)18-15(21)19-6-4-11(5-7-19)13(16)20/h8,10-12H,2-7H2,1H3,(H2,16,20)(H,18,21). The second-order valence-electron chi connectivity index (χ2n) is 6.24. The summed E-state index contributed by atoms with van der Waals surface area (Å²) in [5, 5.41) is 4.14. The lowest BCUT2D eigenvalue weighted by Crippen LogP contribution is -2.47. The Morgan fingerprint density at radius 2 is 2.05 bits per heavy atom. The maximum Gasteiger partial charge on any atom is 0.317 e. The predicted molar refractivity (Wildman–Crippen MR) is 84.3 cm³/mol. The van der Waals surface area contributed by atoms with Crippen molar-refractivity contribution in [2.45, 2.75) is 38.6 Å². The molecule has 1 aromatic rings. The molecule has 22 heavy (non-hydrogen) atoms. The zero-order valence-corrected chi connectivity index (χ0v) is 13.6. The first-order chi connectivity index (χ1) is 10.5. The van der Waals surface area contributed by atoms with E-state index in [1.54, 1.807) is 16.2 Å². The van der Waals surface area contributed by atoms with Gasteiger partial charge in [0.2, 0.25) is 5.91 Å². The molecule has 1 saturated carbocycles. The number of nitrogens with one attached hydrogen (secondary N) is 1. The van der Waals surface area contributed by atoms with Crippen LogP contribution in [0.3, 0.4) is 0 Å². The number of nitrogens with zero attached hydrogens (tertiary/aromatic N) is 2. The van der Waals surface area contributed by atoms with Crippen LogP contribution in [0.15, 0.2) is 6.20 Å². The fourth-order valence-corrected chi connectivity index (χ4v) is 3.84. The smallest absolute Gasteiger partial charge is 0.317 e. The van der Waals surface area contributed by atoms with Crippen LogP contribution in [-0.4, -0.2) is 34.9 Å². The SMILES string of the molecule is Cc1cnc(C(NC(=O)N2CCC(C(N)=O)CC2)C2CC2)s1. The zero-order chi connectivity index (χ0) is 15.7. The minimum Gasteiger partial charge on any atom is -0.369 e. The summed E-state index contributed by atoms with van der Waals surface area (Å²) >= 11 is 1.65. The molecule has 2 fully saturated rings. The van der Waals surface area contributed by atoms with E-state index in [0.29, 0.717) is 31.8 Å². The molecule has 3 N–H and O–H groups in total. The number of thiazole rings is 1. The van der Waals surface area contributed by atoms with Gasteiger partial charge in [-0.2, -0.15) is 0 Å². The molecule has 2 heterocycles. The van der Waals surface area contributed by atoms with E-state index in [2.05, 4.69) is 10.3 Å². The van der Waals surface area contributed by atoms with Gasteiger partial charge < -0.3 is 16.0 Å². The number of hydrogen-bond acceptors (Lipinski definition) is 4. The van der Waals surface area contributed by atoms with Crippen molar-refractivity contribution in [2.24, 2.45) is 17.6 Å². The molecule has 1 aliphatic heterocycles. The fourth-order valence-electron chi connectivity index (χ4n) is 2.92. The second kappa shape index (κ2) is 6.24. The Hall–Kier alpha value is -1.63. The summed E-state index contributed by atoms with van der Waals surface area (Å²) in [4.78, 5) is 31.0. The van der Waals surface area contributed by atoms with Gasteiger partial charge in [0, 0.05) is 30.1 Å². The first kappa shape index (κ1) is 15.3. The molecule has 6 nitrogen and oxygen atoms in total. The largest absolute Gasteiger partial charge is 0.369 e. The van der Waals surface area contributed by atoms with Crippen LogP contribution in [0.25, 0.3) is 0 Å². The summed E-state index contributed by atoms with van der Waals surface area (Å²) in [7, 11) is 0. The Balaban J connectivity index is 1.59. The van der Waals surface area contributed by atoms with Crippen molar-refractivity contribution >= 4 is 23.3 Å². The topological polar surface area (TPSA) is 88.3 Å². The minimum atomic E-state index is -0.255. The Labute approximate surface area is 134 Å². The van der Waals surface area contributed by atoms with E-state index < -0.39 is 0 Å². The number of likely N-dealkylation sites (tertiary alicyclic amines) is 1. The molecule has 0 bridgehead atoms. The molecule has 2 aliphatic rings. The van der Waals surface area contributed by atoms with E-state index in [0.717, 1.165) is 22.7 Å². The van der Waals surface area contributed by atoms with E-state index >= 15 is 0 Å². The van der Waals surface area contributed by atoms with Crippen molar-refractivity contribution in [1.29, 1.82) is 0 Å². The average molecular weight is 322 g/mol. The molecule has 0 aromatic carbocycles. The highest BCUT2D eigenvalue weighted by Gasteiger charge is 2.36. The molecule has 3 rings (SSSR count). The number of rotatable bonds is 4. The van der Waals surface area contributed by atoms with Gasteiger partial charge in [-0.15, -0.1) is 11.3 Å². The lowest BCUT2D eigenvalue weighted by Gasteiger charge is -2.31. The van der Waals surface area contributed by atoms with Crippen LogP contribution in [0.2, 0.25) is 0 Å². The molecule has 120 valence electrons.